The molecule has 4 nitrogen and oxygen atoms in total. The van der Waals surface area contributed by atoms with Gasteiger partial charge >= 0.3 is 7.60 Å². The van der Waals surface area contributed by atoms with Crippen LogP contribution in [0.5, 0.6) is 0 Å². The number of ether oxygens (including phenoxy) is 1. The maximum atomic E-state index is 10.2. The monoisotopic (exact) mass is 138 g/mol. The molecule has 48 valence electrons. The molecule has 0 aromatic carbocycles. The summed E-state index contributed by atoms with van der Waals surface area (Å²) in [6.07, 6.45) is -0.254. The molecule has 2 N–H and O–H groups in total. The minimum Gasteiger partial charge on any atom is -0.356 e. The zero-order valence-electron chi connectivity index (χ0n) is 4.31. The van der Waals surface area contributed by atoms with E-state index in [9.17, 15) is 4.57 Å². The van der Waals surface area contributed by atoms with Crippen molar-refractivity contribution in [3.8, 4) is 0 Å². The second-order valence-electron chi connectivity index (χ2n) is 1.82. The third kappa shape index (κ3) is 1.09. The van der Waals surface area contributed by atoms with Gasteiger partial charge in [0.1, 0.15) is 0 Å². The third-order valence-electron chi connectivity index (χ3n) is 1.01. The van der Waals surface area contributed by atoms with Gasteiger partial charge in [0.15, 0.2) is 5.85 Å². The van der Waals surface area contributed by atoms with Gasteiger partial charge in [-0.1, -0.05) is 0 Å². The van der Waals surface area contributed by atoms with Crippen LogP contribution >= 0.6 is 7.60 Å². The van der Waals surface area contributed by atoms with E-state index in [1.54, 1.807) is 6.92 Å². The molecule has 0 radical (unpaired) electrons. The van der Waals surface area contributed by atoms with E-state index in [1.165, 1.54) is 0 Å². The van der Waals surface area contributed by atoms with E-state index in [-0.39, 0.29) is 6.10 Å². The molecule has 1 fully saturated rings. The van der Waals surface area contributed by atoms with E-state index in [0.29, 0.717) is 0 Å². The van der Waals surface area contributed by atoms with E-state index in [0.717, 1.165) is 0 Å². The van der Waals surface area contributed by atoms with Gasteiger partial charge in [0.25, 0.3) is 0 Å². The van der Waals surface area contributed by atoms with Crippen LogP contribution in [0.3, 0.4) is 0 Å². The summed E-state index contributed by atoms with van der Waals surface area (Å²) in [4.78, 5) is 16.6. The summed E-state index contributed by atoms with van der Waals surface area (Å²) in [7, 11) is -3.90. The molecule has 1 unspecified atom stereocenters. The van der Waals surface area contributed by atoms with Crippen LogP contribution in [0.2, 0.25) is 0 Å². The SMILES string of the molecule is C[C@@H]1OC1P(=O)(O)O. The Morgan fingerprint density at radius 1 is 1.62 bits per heavy atom. The highest BCUT2D eigenvalue weighted by Crippen LogP contribution is 2.52. The number of rotatable bonds is 1. The fraction of sp³-hybridized carbons (Fsp3) is 1.00. The second kappa shape index (κ2) is 1.54. The van der Waals surface area contributed by atoms with Crippen LogP contribution in [0.25, 0.3) is 0 Å². The third-order valence-corrected chi connectivity index (χ3v) is 2.22. The number of hydrogen-bond acceptors (Lipinski definition) is 2. The van der Waals surface area contributed by atoms with Crippen molar-refractivity contribution in [2.45, 2.75) is 18.9 Å². The van der Waals surface area contributed by atoms with E-state index in [1.807, 2.05) is 0 Å². The van der Waals surface area contributed by atoms with Gasteiger partial charge in [-0.05, 0) is 6.92 Å². The van der Waals surface area contributed by atoms with Gasteiger partial charge in [0.2, 0.25) is 0 Å². The van der Waals surface area contributed by atoms with E-state index in [4.69, 9.17) is 9.79 Å². The van der Waals surface area contributed by atoms with Crippen molar-refractivity contribution in [1.82, 2.24) is 0 Å². The van der Waals surface area contributed by atoms with Gasteiger partial charge in [0.05, 0.1) is 6.10 Å². The predicted molar refractivity (Wildman–Crippen MR) is 26.4 cm³/mol. The Morgan fingerprint density at radius 2 is 2.00 bits per heavy atom. The molecular formula is C3H7O4P. The quantitative estimate of drug-likeness (QED) is 0.392. The molecule has 0 saturated carbocycles. The van der Waals surface area contributed by atoms with Gasteiger partial charge in [-0.15, -0.1) is 0 Å². The standard InChI is InChI=1S/C3H7O4P/c1-2-3(7-2)8(4,5)6/h2-3H,1H3,(H2,4,5,6)/t2-,3?/m0/s1. The van der Waals surface area contributed by atoms with Crippen molar-refractivity contribution in [3.05, 3.63) is 0 Å². The molecule has 8 heavy (non-hydrogen) atoms. The molecule has 1 heterocycles. The summed E-state index contributed by atoms with van der Waals surface area (Å²) < 4.78 is 14.7. The molecule has 0 aliphatic carbocycles. The van der Waals surface area contributed by atoms with Crippen LogP contribution in [0, 0.1) is 0 Å². The second-order valence-corrected chi connectivity index (χ2v) is 3.51. The summed E-state index contributed by atoms with van der Waals surface area (Å²) in [5.74, 6) is -0.817. The maximum Gasteiger partial charge on any atom is 0.356 e. The minimum atomic E-state index is -3.90. The van der Waals surface area contributed by atoms with Crippen LogP contribution in [-0.2, 0) is 9.30 Å². The topological polar surface area (TPSA) is 70.1 Å². The lowest BCUT2D eigenvalue weighted by Crippen LogP contribution is -1.89. The summed E-state index contributed by atoms with van der Waals surface area (Å²) >= 11 is 0. The molecule has 0 bridgehead atoms. The fourth-order valence-corrected chi connectivity index (χ4v) is 1.42. The summed E-state index contributed by atoms with van der Waals surface area (Å²) in [5.41, 5.74) is 0. The lowest BCUT2D eigenvalue weighted by molar-refractivity contribution is 0.333. The molecule has 0 aromatic rings. The number of epoxide rings is 1. The first kappa shape index (κ1) is 6.23. The van der Waals surface area contributed by atoms with Crippen molar-refractivity contribution in [3.63, 3.8) is 0 Å². The lowest BCUT2D eigenvalue weighted by atomic mass is 10.6. The smallest absolute Gasteiger partial charge is 0.356 e. The number of hydrogen-bond donors (Lipinski definition) is 2. The van der Waals surface area contributed by atoms with Gasteiger partial charge in [-0.3, -0.25) is 4.57 Å². The van der Waals surface area contributed by atoms with E-state index < -0.39 is 13.4 Å². The Morgan fingerprint density at radius 3 is 2.00 bits per heavy atom. The van der Waals surface area contributed by atoms with Crippen molar-refractivity contribution < 1.29 is 19.1 Å². The fourth-order valence-electron chi connectivity index (χ4n) is 0.527. The first-order valence-electron chi connectivity index (χ1n) is 2.22. The van der Waals surface area contributed by atoms with Crippen molar-refractivity contribution >= 4 is 7.60 Å². The normalized spacial score (nSPS) is 37.4. The minimum absolute atomic E-state index is 0.254. The first-order chi connectivity index (χ1) is 3.52. The molecular weight excluding hydrogens is 131 g/mol. The maximum absolute atomic E-state index is 10.2. The molecule has 1 saturated heterocycles. The highest BCUT2D eigenvalue weighted by atomic mass is 31.2. The summed E-state index contributed by atoms with van der Waals surface area (Å²) in [5, 5.41) is 0. The van der Waals surface area contributed by atoms with Crippen LogP contribution in [0.1, 0.15) is 6.92 Å². The Labute approximate surface area is 46.6 Å². The Bertz CT molecular complexity index is 138. The Hall–Kier alpha value is 0.110. The van der Waals surface area contributed by atoms with Crippen LogP contribution in [-0.4, -0.2) is 21.7 Å². The lowest BCUT2D eigenvalue weighted by Gasteiger charge is -1.93. The predicted octanol–water partition coefficient (Wildman–Crippen LogP) is -0.0911. The molecule has 0 amide bonds. The van der Waals surface area contributed by atoms with Crippen molar-refractivity contribution in [1.29, 1.82) is 0 Å². The average molecular weight is 138 g/mol. The van der Waals surface area contributed by atoms with E-state index in [2.05, 4.69) is 4.74 Å². The highest BCUT2D eigenvalue weighted by Gasteiger charge is 2.48. The van der Waals surface area contributed by atoms with Crippen LogP contribution in [0.15, 0.2) is 0 Å². The molecule has 0 aromatic heterocycles. The molecule has 2 atom stereocenters. The van der Waals surface area contributed by atoms with E-state index >= 15 is 0 Å². The van der Waals surface area contributed by atoms with Crippen LogP contribution < -0.4 is 0 Å². The van der Waals surface area contributed by atoms with Gasteiger partial charge < -0.3 is 14.5 Å². The van der Waals surface area contributed by atoms with Crippen molar-refractivity contribution in [2.75, 3.05) is 0 Å². The Balaban J connectivity index is 2.52. The van der Waals surface area contributed by atoms with Gasteiger partial charge in [-0.25, -0.2) is 0 Å². The average Bonchev–Trinajstić information content (AvgIpc) is 2.13. The Kier molecular flexibility index (Phi) is 1.20. The molecule has 0 spiro atoms. The zero-order chi connectivity index (χ0) is 6.36. The molecule has 1 aliphatic rings. The first-order valence-corrected chi connectivity index (χ1v) is 3.90. The van der Waals surface area contributed by atoms with Crippen molar-refractivity contribution in [2.24, 2.45) is 0 Å². The summed E-state index contributed by atoms with van der Waals surface area (Å²) in [6, 6.07) is 0. The zero-order valence-corrected chi connectivity index (χ0v) is 5.21. The van der Waals surface area contributed by atoms with Gasteiger partial charge in [-0.2, -0.15) is 0 Å². The molecule has 1 aliphatic heterocycles. The molecule has 5 heteroatoms. The van der Waals surface area contributed by atoms with Gasteiger partial charge in [0, 0.05) is 0 Å². The highest BCUT2D eigenvalue weighted by molar-refractivity contribution is 7.52. The largest absolute Gasteiger partial charge is 0.356 e. The van der Waals surface area contributed by atoms with Crippen LogP contribution in [0.4, 0.5) is 0 Å². The summed E-state index contributed by atoms with van der Waals surface area (Å²) in [6.45, 7) is 1.63. The molecule has 1 rings (SSSR count).